The van der Waals surface area contributed by atoms with Gasteiger partial charge in [0.25, 0.3) is 0 Å². The SMILES string of the molecule is COc1ccccc1CN(CC(N)=S)C1CCCC1. The summed E-state index contributed by atoms with van der Waals surface area (Å²) in [7, 11) is 1.71. The average molecular weight is 278 g/mol. The Hall–Kier alpha value is -1.13. The molecule has 0 spiro atoms. The van der Waals surface area contributed by atoms with Crippen molar-refractivity contribution in [2.24, 2.45) is 5.73 Å². The van der Waals surface area contributed by atoms with Gasteiger partial charge in [-0.3, -0.25) is 4.90 Å². The summed E-state index contributed by atoms with van der Waals surface area (Å²) in [6, 6.07) is 8.76. The van der Waals surface area contributed by atoms with Crippen molar-refractivity contribution >= 4 is 17.2 Å². The summed E-state index contributed by atoms with van der Waals surface area (Å²) in [6.45, 7) is 1.55. The fourth-order valence-corrected chi connectivity index (χ4v) is 3.00. The van der Waals surface area contributed by atoms with Gasteiger partial charge in [0.15, 0.2) is 0 Å². The minimum atomic E-state index is 0.571. The summed E-state index contributed by atoms with van der Waals surface area (Å²) in [6.07, 6.45) is 5.12. The number of nitrogens with two attached hydrogens (primary N) is 1. The Labute approximate surface area is 120 Å². The molecule has 1 aliphatic rings. The minimum Gasteiger partial charge on any atom is -0.496 e. The van der Waals surface area contributed by atoms with Crippen LogP contribution in [0.15, 0.2) is 24.3 Å². The van der Waals surface area contributed by atoms with Crippen LogP contribution in [0.4, 0.5) is 0 Å². The second-order valence-corrected chi connectivity index (χ2v) is 5.65. The highest BCUT2D eigenvalue weighted by Gasteiger charge is 2.23. The zero-order chi connectivity index (χ0) is 13.7. The Morgan fingerprint density at radius 1 is 1.37 bits per heavy atom. The number of rotatable bonds is 6. The zero-order valence-corrected chi connectivity index (χ0v) is 12.3. The number of hydrogen-bond acceptors (Lipinski definition) is 3. The van der Waals surface area contributed by atoms with E-state index < -0.39 is 0 Å². The van der Waals surface area contributed by atoms with E-state index >= 15 is 0 Å². The normalized spacial score (nSPS) is 15.9. The van der Waals surface area contributed by atoms with E-state index in [1.807, 2.05) is 18.2 Å². The van der Waals surface area contributed by atoms with Gasteiger partial charge < -0.3 is 10.5 Å². The van der Waals surface area contributed by atoms with Crippen LogP contribution in [-0.2, 0) is 6.54 Å². The minimum absolute atomic E-state index is 0.571. The van der Waals surface area contributed by atoms with Crippen LogP contribution in [0.1, 0.15) is 31.2 Å². The van der Waals surface area contributed by atoms with E-state index in [1.54, 1.807) is 7.11 Å². The highest BCUT2D eigenvalue weighted by molar-refractivity contribution is 7.80. The predicted molar refractivity (Wildman–Crippen MR) is 82.4 cm³/mol. The smallest absolute Gasteiger partial charge is 0.123 e. The van der Waals surface area contributed by atoms with Crippen molar-refractivity contribution in [1.82, 2.24) is 4.90 Å². The lowest BCUT2D eigenvalue weighted by atomic mass is 10.1. The van der Waals surface area contributed by atoms with Crippen molar-refractivity contribution in [2.75, 3.05) is 13.7 Å². The van der Waals surface area contributed by atoms with Crippen LogP contribution in [0.25, 0.3) is 0 Å². The number of methoxy groups -OCH3 is 1. The van der Waals surface area contributed by atoms with Gasteiger partial charge in [-0.15, -0.1) is 0 Å². The van der Waals surface area contributed by atoms with Gasteiger partial charge in [0.1, 0.15) is 5.75 Å². The van der Waals surface area contributed by atoms with E-state index in [9.17, 15) is 0 Å². The highest BCUT2D eigenvalue weighted by Crippen LogP contribution is 2.27. The van der Waals surface area contributed by atoms with Gasteiger partial charge in [-0.25, -0.2) is 0 Å². The molecule has 104 valence electrons. The van der Waals surface area contributed by atoms with Crippen LogP contribution in [0.2, 0.25) is 0 Å². The van der Waals surface area contributed by atoms with Gasteiger partial charge in [-0.1, -0.05) is 43.3 Å². The van der Waals surface area contributed by atoms with Crippen LogP contribution in [0, 0.1) is 0 Å². The molecule has 4 heteroatoms. The van der Waals surface area contributed by atoms with E-state index in [-0.39, 0.29) is 0 Å². The number of para-hydroxylation sites is 1. The Balaban J connectivity index is 2.12. The van der Waals surface area contributed by atoms with E-state index in [1.165, 1.54) is 31.2 Å². The molecule has 3 nitrogen and oxygen atoms in total. The van der Waals surface area contributed by atoms with Crippen molar-refractivity contribution < 1.29 is 4.74 Å². The molecule has 0 aliphatic heterocycles. The molecule has 1 aromatic carbocycles. The average Bonchev–Trinajstić information content (AvgIpc) is 2.92. The maximum Gasteiger partial charge on any atom is 0.123 e. The van der Waals surface area contributed by atoms with Gasteiger partial charge in [-0.05, 0) is 18.9 Å². The molecular weight excluding hydrogens is 256 g/mol. The number of nitrogens with zero attached hydrogens (tertiary/aromatic N) is 1. The number of hydrogen-bond donors (Lipinski definition) is 1. The van der Waals surface area contributed by atoms with E-state index in [2.05, 4.69) is 11.0 Å². The summed E-state index contributed by atoms with van der Waals surface area (Å²) in [5, 5.41) is 0. The summed E-state index contributed by atoms with van der Waals surface area (Å²) >= 11 is 5.09. The first-order valence-corrected chi connectivity index (χ1v) is 7.26. The van der Waals surface area contributed by atoms with Crippen LogP contribution >= 0.6 is 12.2 Å². The fraction of sp³-hybridized carbons (Fsp3) is 0.533. The van der Waals surface area contributed by atoms with Crippen molar-refractivity contribution in [3.63, 3.8) is 0 Å². The molecule has 0 unspecified atom stereocenters. The number of benzene rings is 1. The van der Waals surface area contributed by atoms with Gasteiger partial charge in [0.2, 0.25) is 0 Å². The third-order valence-electron chi connectivity index (χ3n) is 3.77. The molecule has 1 aliphatic carbocycles. The van der Waals surface area contributed by atoms with Crippen LogP contribution in [0.3, 0.4) is 0 Å². The van der Waals surface area contributed by atoms with E-state index in [0.717, 1.165) is 12.3 Å². The summed E-state index contributed by atoms with van der Waals surface area (Å²) < 4.78 is 5.42. The maximum atomic E-state index is 5.74. The molecule has 19 heavy (non-hydrogen) atoms. The number of ether oxygens (including phenoxy) is 1. The quantitative estimate of drug-likeness (QED) is 0.812. The second kappa shape index (κ2) is 6.87. The molecule has 2 N–H and O–H groups in total. The second-order valence-electron chi connectivity index (χ2n) is 5.12. The van der Waals surface area contributed by atoms with Gasteiger partial charge >= 0.3 is 0 Å². The molecule has 1 saturated carbocycles. The molecule has 0 radical (unpaired) electrons. The maximum absolute atomic E-state index is 5.74. The Kier molecular flexibility index (Phi) is 5.16. The molecule has 0 heterocycles. The monoisotopic (exact) mass is 278 g/mol. The molecule has 0 saturated heterocycles. The Bertz CT molecular complexity index is 430. The van der Waals surface area contributed by atoms with Crippen molar-refractivity contribution in [1.29, 1.82) is 0 Å². The zero-order valence-electron chi connectivity index (χ0n) is 11.5. The van der Waals surface area contributed by atoms with Crippen molar-refractivity contribution in [2.45, 2.75) is 38.3 Å². The fourth-order valence-electron chi connectivity index (χ4n) is 2.84. The lowest BCUT2D eigenvalue weighted by molar-refractivity contribution is 0.216. The van der Waals surface area contributed by atoms with Crippen LogP contribution < -0.4 is 10.5 Å². The number of thiocarbonyl (C=S) groups is 1. The lowest BCUT2D eigenvalue weighted by Crippen LogP contribution is -2.38. The van der Waals surface area contributed by atoms with E-state index in [0.29, 0.717) is 17.6 Å². The highest BCUT2D eigenvalue weighted by atomic mass is 32.1. The molecule has 1 fully saturated rings. The molecule has 0 bridgehead atoms. The van der Waals surface area contributed by atoms with Gasteiger partial charge in [0.05, 0.1) is 12.1 Å². The van der Waals surface area contributed by atoms with E-state index in [4.69, 9.17) is 22.7 Å². The Morgan fingerprint density at radius 2 is 2.05 bits per heavy atom. The van der Waals surface area contributed by atoms with Crippen LogP contribution in [-0.4, -0.2) is 29.6 Å². The molecule has 1 aromatic rings. The molecule has 0 atom stereocenters. The largest absolute Gasteiger partial charge is 0.496 e. The van der Waals surface area contributed by atoms with Crippen molar-refractivity contribution in [3.8, 4) is 5.75 Å². The first-order valence-electron chi connectivity index (χ1n) is 6.85. The Morgan fingerprint density at radius 3 is 2.68 bits per heavy atom. The third kappa shape index (κ3) is 3.91. The molecule has 2 rings (SSSR count). The van der Waals surface area contributed by atoms with Gasteiger partial charge in [-0.2, -0.15) is 0 Å². The van der Waals surface area contributed by atoms with Gasteiger partial charge in [0, 0.05) is 24.7 Å². The summed E-state index contributed by atoms with van der Waals surface area (Å²) in [5.74, 6) is 0.938. The molecule has 0 amide bonds. The molecular formula is C15H22N2OS. The first-order chi connectivity index (χ1) is 9.20. The summed E-state index contributed by atoms with van der Waals surface area (Å²) in [4.78, 5) is 2.97. The standard InChI is InChI=1S/C15H22N2OS/c1-18-14-9-5-2-6-12(14)10-17(11-15(16)19)13-7-3-4-8-13/h2,5-6,9,13H,3-4,7-8,10-11H2,1H3,(H2,16,19). The summed E-state index contributed by atoms with van der Waals surface area (Å²) in [5.41, 5.74) is 6.95. The predicted octanol–water partition coefficient (Wildman–Crippen LogP) is 2.73. The van der Waals surface area contributed by atoms with Crippen molar-refractivity contribution in [3.05, 3.63) is 29.8 Å². The lowest BCUT2D eigenvalue weighted by Gasteiger charge is -2.28. The topological polar surface area (TPSA) is 38.5 Å². The third-order valence-corrected chi connectivity index (χ3v) is 3.90. The molecule has 0 aromatic heterocycles. The first kappa shape index (κ1) is 14.3. The van der Waals surface area contributed by atoms with Crippen LogP contribution in [0.5, 0.6) is 5.75 Å².